The van der Waals surface area contributed by atoms with Gasteiger partial charge >= 0.3 is 0 Å². The summed E-state index contributed by atoms with van der Waals surface area (Å²) >= 11 is 0. The zero-order valence-electron chi connectivity index (χ0n) is 10.2. The van der Waals surface area contributed by atoms with Crippen LogP contribution in [0.2, 0.25) is 0 Å². The molecule has 0 heterocycles. The van der Waals surface area contributed by atoms with Gasteiger partial charge in [-0.2, -0.15) is 0 Å². The molecule has 2 nitrogen and oxygen atoms in total. The molecule has 2 heteroatoms. The van der Waals surface area contributed by atoms with Crippen molar-refractivity contribution in [2.75, 3.05) is 0 Å². The minimum Gasteiger partial charge on any atom is -0.347 e. The first kappa shape index (κ1) is 12.5. The second kappa shape index (κ2) is 4.97. The average molecular weight is 217 g/mol. The van der Waals surface area contributed by atoms with Gasteiger partial charge in [0.2, 0.25) is 5.91 Å². The van der Waals surface area contributed by atoms with Crippen LogP contribution < -0.4 is 5.32 Å². The Hall–Kier alpha value is -1.57. The van der Waals surface area contributed by atoms with Crippen LogP contribution >= 0.6 is 0 Å². The van der Waals surface area contributed by atoms with Crippen LogP contribution in [0.25, 0.3) is 0 Å². The van der Waals surface area contributed by atoms with Crippen molar-refractivity contribution in [2.45, 2.75) is 26.3 Å². The fraction of sp³-hybridized carbons (Fsp3) is 0.357. The number of nitrogens with one attached hydrogen (secondary N) is 1. The molecule has 1 aromatic carbocycles. The van der Waals surface area contributed by atoms with Crippen LogP contribution in [0.15, 0.2) is 43.0 Å². The highest BCUT2D eigenvalue weighted by atomic mass is 16.2. The Kier molecular flexibility index (Phi) is 3.88. The summed E-state index contributed by atoms with van der Waals surface area (Å²) in [7, 11) is 0. The molecule has 0 fully saturated rings. The van der Waals surface area contributed by atoms with Crippen molar-refractivity contribution in [3.8, 4) is 0 Å². The molecule has 0 aliphatic rings. The number of carbonyl (C=O) groups excluding carboxylic acids is 1. The van der Waals surface area contributed by atoms with Gasteiger partial charge in [0.25, 0.3) is 0 Å². The van der Waals surface area contributed by atoms with Gasteiger partial charge in [-0.05, 0) is 19.4 Å². The monoisotopic (exact) mass is 217 g/mol. The first-order valence-corrected chi connectivity index (χ1v) is 5.47. The van der Waals surface area contributed by atoms with E-state index in [9.17, 15) is 4.79 Å². The molecule has 0 saturated heterocycles. The highest BCUT2D eigenvalue weighted by Crippen LogP contribution is 2.19. The van der Waals surface area contributed by atoms with Gasteiger partial charge in [0.05, 0.1) is 11.5 Å². The minimum atomic E-state index is -0.352. The van der Waals surface area contributed by atoms with Gasteiger partial charge in [-0.25, -0.2) is 0 Å². The second-order valence-electron chi connectivity index (χ2n) is 4.50. The maximum absolute atomic E-state index is 11.8. The molecule has 0 aliphatic heterocycles. The number of rotatable bonds is 4. The summed E-state index contributed by atoms with van der Waals surface area (Å²) in [5.74, 6) is -0.160. The van der Waals surface area contributed by atoms with E-state index in [0.717, 1.165) is 5.56 Å². The molecule has 86 valence electrons. The predicted octanol–water partition coefficient (Wildman–Crippen LogP) is 2.86. The predicted molar refractivity (Wildman–Crippen MR) is 67.0 cm³/mol. The molecule has 1 unspecified atom stereocenters. The zero-order chi connectivity index (χ0) is 12.2. The van der Waals surface area contributed by atoms with Crippen LogP contribution in [-0.4, -0.2) is 5.91 Å². The maximum atomic E-state index is 11.8. The van der Waals surface area contributed by atoms with E-state index in [4.69, 9.17) is 0 Å². The number of benzene rings is 1. The van der Waals surface area contributed by atoms with E-state index in [2.05, 4.69) is 11.9 Å². The second-order valence-corrected chi connectivity index (χ2v) is 4.50. The standard InChI is InChI=1S/C14H19NO/c1-5-11(2)13(16)15-14(3,4)12-9-7-6-8-10-12/h5-11H,1H2,2-4H3,(H,15,16). The molecule has 16 heavy (non-hydrogen) atoms. The van der Waals surface area contributed by atoms with Crippen LogP contribution in [0, 0.1) is 5.92 Å². The minimum absolute atomic E-state index is 0.00357. The molecule has 1 atom stereocenters. The molecule has 1 rings (SSSR count). The Morgan fingerprint density at radius 1 is 1.38 bits per heavy atom. The lowest BCUT2D eigenvalue weighted by Crippen LogP contribution is -2.43. The number of amides is 1. The molecule has 0 bridgehead atoms. The van der Waals surface area contributed by atoms with E-state index in [-0.39, 0.29) is 17.4 Å². The van der Waals surface area contributed by atoms with E-state index < -0.39 is 0 Å². The molecule has 1 N–H and O–H groups in total. The topological polar surface area (TPSA) is 29.1 Å². The quantitative estimate of drug-likeness (QED) is 0.772. The lowest BCUT2D eigenvalue weighted by Gasteiger charge is -2.28. The van der Waals surface area contributed by atoms with Crippen LogP contribution in [-0.2, 0) is 10.3 Å². The van der Waals surface area contributed by atoms with Crippen LogP contribution in [0.5, 0.6) is 0 Å². The van der Waals surface area contributed by atoms with Gasteiger partial charge < -0.3 is 5.32 Å². The van der Waals surface area contributed by atoms with Gasteiger partial charge in [0.1, 0.15) is 0 Å². The lowest BCUT2D eigenvalue weighted by molar-refractivity contribution is -0.124. The summed E-state index contributed by atoms with van der Waals surface area (Å²) in [5, 5.41) is 3.01. The molecule has 1 aromatic rings. The number of carbonyl (C=O) groups is 1. The fourth-order valence-corrected chi connectivity index (χ4v) is 1.46. The Morgan fingerprint density at radius 3 is 2.44 bits per heavy atom. The number of hydrogen-bond donors (Lipinski definition) is 1. The molecule has 0 radical (unpaired) electrons. The van der Waals surface area contributed by atoms with E-state index in [0.29, 0.717) is 0 Å². The van der Waals surface area contributed by atoms with Gasteiger partial charge in [-0.3, -0.25) is 4.79 Å². The Balaban J connectivity index is 2.80. The molecule has 0 spiro atoms. The zero-order valence-corrected chi connectivity index (χ0v) is 10.2. The van der Waals surface area contributed by atoms with Crippen molar-refractivity contribution in [1.82, 2.24) is 5.32 Å². The lowest BCUT2D eigenvalue weighted by atomic mass is 9.93. The highest BCUT2D eigenvalue weighted by Gasteiger charge is 2.23. The van der Waals surface area contributed by atoms with Gasteiger partial charge in [0.15, 0.2) is 0 Å². The third-order valence-corrected chi connectivity index (χ3v) is 2.70. The highest BCUT2D eigenvalue weighted by molar-refractivity contribution is 5.80. The molecular formula is C14H19NO. The third kappa shape index (κ3) is 2.96. The molecular weight excluding hydrogens is 198 g/mol. The Labute approximate surface area is 97.4 Å². The first-order chi connectivity index (χ1) is 7.47. The van der Waals surface area contributed by atoms with Gasteiger partial charge in [0, 0.05) is 0 Å². The summed E-state index contributed by atoms with van der Waals surface area (Å²) in [6, 6.07) is 9.94. The van der Waals surface area contributed by atoms with Crippen molar-refractivity contribution in [3.05, 3.63) is 48.6 Å². The van der Waals surface area contributed by atoms with E-state index in [1.54, 1.807) is 6.08 Å². The van der Waals surface area contributed by atoms with Crippen molar-refractivity contribution in [2.24, 2.45) is 5.92 Å². The largest absolute Gasteiger partial charge is 0.347 e. The summed E-state index contributed by atoms with van der Waals surface area (Å²) in [5.41, 5.74) is 0.745. The number of hydrogen-bond acceptors (Lipinski definition) is 1. The maximum Gasteiger partial charge on any atom is 0.227 e. The van der Waals surface area contributed by atoms with Gasteiger partial charge in [-0.15, -0.1) is 6.58 Å². The van der Waals surface area contributed by atoms with Crippen molar-refractivity contribution < 1.29 is 4.79 Å². The Bertz CT molecular complexity index is 368. The summed E-state index contributed by atoms with van der Waals surface area (Å²) < 4.78 is 0. The van der Waals surface area contributed by atoms with E-state index in [1.807, 2.05) is 51.1 Å². The van der Waals surface area contributed by atoms with Crippen LogP contribution in [0.3, 0.4) is 0 Å². The summed E-state index contributed by atoms with van der Waals surface area (Å²) in [6.45, 7) is 9.45. The van der Waals surface area contributed by atoms with Crippen molar-refractivity contribution >= 4 is 5.91 Å². The molecule has 0 aromatic heterocycles. The molecule has 1 amide bonds. The molecule has 0 saturated carbocycles. The summed E-state index contributed by atoms with van der Waals surface area (Å²) in [6.07, 6.45) is 1.65. The van der Waals surface area contributed by atoms with Crippen molar-refractivity contribution in [1.29, 1.82) is 0 Å². The normalized spacial score (nSPS) is 12.9. The van der Waals surface area contributed by atoms with Crippen LogP contribution in [0.1, 0.15) is 26.3 Å². The molecule has 0 aliphatic carbocycles. The smallest absolute Gasteiger partial charge is 0.227 e. The van der Waals surface area contributed by atoms with E-state index >= 15 is 0 Å². The van der Waals surface area contributed by atoms with Crippen molar-refractivity contribution in [3.63, 3.8) is 0 Å². The fourth-order valence-electron chi connectivity index (χ4n) is 1.46. The van der Waals surface area contributed by atoms with Crippen LogP contribution in [0.4, 0.5) is 0 Å². The Morgan fingerprint density at radius 2 is 1.94 bits per heavy atom. The third-order valence-electron chi connectivity index (χ3n) is 2.70. The average Bonchev–Trinajstić information content (AvgIpc) is 2.28. The SMILES string of the molecule is C=CC(C)C(=O)NC(C)(C)c1ccccc1. The first-order valence-electron chi connectivity index (χ1n) is 5.47. The van der Waals surface area contributed by atoms with Gasteiger partial charge in [-0.1, -0.05) is 43.3 Å². The van der Waals surface area contributed by atoms with E-state index in [1.165, 1.54) is 0 Å². The summed E-state index contributed by atoms with van der Waals surface area (Å²) in [4.78, 5) is 11.8.